The normalized spacial score (nSPS) is 14.2. The summed E-state index contributed by atoms with van der Waals surface area (Å²) < 4.78 is 11.3. The molecule has 0 aromatic heterocycles. The predicted molar refractivity (Wildman–Crippen MR) is 138 cm³/mol. The largest absolute Gasteiger partial charge is 0.484 e. The lowest BCUT2D eigenvalue weighted by Crippen LogP contribution is -2.21. The Hall–Kier alpha value is -3.60. The number of rotatable bonds is 8. The number of carbonyl (C=O) groups excluding carboxylic acids is 2. The fraction of sp³-hybridized carbons (Fsp3) is 0.333. The van der Waals surface area contributed by atoms with Gasteiger partial charge in [0.05, 0.1) is 5.56 Å². The molecule has 0 saturated heterocycles. The number of esters is 1. The van der Waals surface area contributed by atoms with E-state index in [4.69, 9.17) is 9.47 Å². The van der Waals surface area contributed by atoms with Crippen LogP contribution < -0.4 is 10.1 Å². The summed E-state index contributed by atoms with van der Waals surface area (Å²) in [6.07, 6.45) is 5.33. The molecule has 1 aliphatic carbocycles. The fourth-order valence-corrected chi connectivity index (χ4v) is 4.43. The molecule has 0 bridgehead atoms. The van der Waals surface area contributed by atoms with Crippen molar-refractivity contribution in [1.29, 1.82) is 0 Å². The Kier molecular flexibility index (Phi) is 7.86. The average Bonchev–Trinajstić information content (AvgIpc) is 2.89. The van der Waals surface area contributed by atoms with Crippen molar-refractivity contribution in [2.75, 3.05) is 11.9 Å². The van der Waals surface area contributed by atoms with Crippen molar-refractivity contribution in [3.8, 4) is 5.75 Å². The van der Waals surface area contributed by atoms with E-state index in [1.165, 1.54) is 17.5 Å². The van der Waals surface area contributed by atoms with E-state index in [1.54, 1.807) is 24.3 Å². The van der Waals surface area contributed by atoms with Gasteiger partial charge in [-0.2, -0.15) is 0 Å². The molecule has 1 aliphatic rings. The van der Waals surface area contributed by atoms with Crippen molar-refractivity contribution in [1.82, 2.24) is 0 Å². The van der Waals surface area contributed by atoms with E-state index in [-0.39, 0.29) is 30.0 Å². The standard InChI is InChI=1S/C30H33NO4/c1-30(2,23-9-5-3-6-10-23)24-15-19-26(20-16-24)34-21-28(32)31-25-17-13-22(14-18-25)29(33)35-27-11-7-4-8-12-27/h3,5-6,9-10,13-20,27H,4,7-8,11-12,21H2,1-2H3,(H,31,32). The Morgan fingerprint density at radius 1 is 0.829 bits per heavy atom. The monoisotopic (exact) mass is 471 g/mol. The van der Waals surface area contributed by atoms with E-state index in [0.29, 0.717) is 17.0 Å². The number of amides is 1. The van der Waals surface area contributed by atoms with Gasteiger partial charge in [0, 0.05) is 11.1 Å². The van der Waals surface area contributed by atoms with Crippen molar-refractivity contribution in [3.63, 3.8) is 0 Å². The molecular formula is C30H33NO4. The number of hydrogen-bond acceptors (Lipinski definition) is 4. The van der Waals surface area contributed by atoms with Crippen LogP contribution in [0, 0.1) is 0 Å². The molecular weight excluding hydrogens is 438 g/mol. The molecule has 1 fully saturated rings. The fourth-order valence-electron chi connectivity index (χ4n) is 4.43. The van der Waals surface area contributed by atoms with Gasteiger partial charge in [-0.3, -0.25) is 4.79 Å². The highest BCUT2D eigenvalue weighted by Gasteiger charge is 2.23. The van der Waals surface area contributed by atoms with E-state index in [2.05, 4.69) is 31.3 Å². The van der Waals surface area contributed by atoms with Crippen molar-refractivity contribution < 1.29 is 19.1 Å². The number of hydrogen-bond donors (Lipinski definition) is 1. The molecule has 3 aromatic carbocycles. The molecule has 1 amide bonds. The molecule has 182 valence electrons. The van der Waals surface area contributed by atoms with Crippen LogP contribution in [0.15, 0.2) is 78.9 Å². The zero-order chi connectivity index (χ0) is 24.7. The zero-order valence-corrected chi connectivity index (χ0v) is 20.5. The van der Waals surface area contributed by atoms with E-state index < -0.39 is 0 Å². The summed E-state index contributed by atoms with van der Waals surface area (Å²) in [5.74, 6) is 0.0572. The SMILES string of the molecule is CC(C)(c1ccccc1)c1ccc(OCC(=O)Nc2ccc(C(=O)OC3CCCCC3)cc2)cc1. The van der Waals surface area contributed by atoms with Gasteiger partial charge in [0.25, 0.3) is 5.91 Å². The van der Waals surface area contributed by atoms with Gasteiger partial charge in [-0.1, -0.05) is 62.7 Å². The maximum atomic E-state index is 12.4. The number of anilines is 1. The Balaban J connectivity index is 1.26. The lowest BCUT2D eigenvalue weighted by molar-refractivity contribution is -0.118. The summed E-state index contributed by atoms with van der Waals surface area (Å²) in [4.78, 5) is 24.7. The van der Waals surface area contributed by atoms with Crippen LogP contribution in [-0.4, -0.2) is 24.6 Å². The third-order valence-corrected chi connectivity index (χ3v) is 6.67. The van der Waals surface area contributed by atoms with E-state index in [9.17, 15) is 9.59 Å². The first kappa shape index (κ1) is 24.5. The van der Waals surface area contributed by atoms with Gasteiger partial charge in [-0.15, -0.1) is 0 Å². The molecule has 0 heterocycles. The minimum Gasteiger partial charge on any atom is -0.484 e. The predicted octanol–water partition coefficient (Wildman–Crippen LogP) is 6.52. The molecule has 5 nitrogen and oxygen atoms in total. The molecule has 3 aromatic rings. The van der Waals surface area contributed by atoms with Crippen LogP contribution in [-0.2, 0) is 14.9 Å². The second-order valence-corrected chi connectivity index (χ2v) is 9.59. The molecule has 35 heavy (non-hydrogen) atoms. The molecule has 0 aliphatic heterocycles. The van der Waals surface area contributed by atoms with E-state index in [1.807, 2.05) is 42.5 Å². The summed E-state index contributed by atoms with van der Waals surface area (Å²) in [5, 5.41) is 2.80. The first-order valence-corrected chi connectivity index (χ1v) is 12.3. The van der Waals surface area contributed by atoms with Crippen LogP contribution in [0.5, 0.6) is 5.75 Å². The summed E-state index contributed by atoms with van der Waals surface area (Å²) in [5.41, 5.74) is 3.37. The van der Waals surface area contributed by atoms with Crippen molar-refractivity contribution in [2.24, 2.45) is 0 Å². The molecule has 4 rings (SSSR count). The Morgan fingerprint density at radius 2 is 1.46 bits per heavy atom. The van der Waals surface area contributed by atoms with Gasteiger partial charge in [0.2, 0.25) is 0 Å². The maximum absolute atomic E-state index is 12.4. The van der Waals surface area contributed by atoms with Gasteiger partial charge < -0.3 is 14.8 Å². The van der Waals surface area contributed by atoms with Gasteiger partial charge in [0.1, 0.15) is 11.9 Å². The van der Waals surface area contributed by atoms with Gasteiger partial charge >= 0.3 is 5.97 Å². The highest BCUT2D eigenvalue weighted by Crippen LogP contribution is 2.32. The first-order chi connectivity index (χ1) is 16.9. The van der Waals surface area contributed by atoms with Crippen molar-refractivity contribution in [3.05, 3.63) is 95.6 Å². The third kappa shape index (κ3) is 6.50. The highest BCUT2D eigenvalue weighted by atomic mass is 16.5. The molecule has 5 heteroatoms. The quantitative estimate of drug-likeness (QED) is 0.380. The van der Waals surface area contributed by atoms with Crippen LogP contribution in [0.1, 0.15) is 67.4 Å². The van der Waals surface area contributed by atoms with Crippen LogP contribution in [0.4, 0.5) is 5.69 Å². The van der Waals surface area contributed by atoms with Gasteiger partial charge in [-0.25, -0.2) is 4.79 Å². The van der Waals surface area contributed by atoms with E-state index in [0.717, 1.165) is 25.7 Å². The Bertz CT molecular complexity index is 1120. The lowest BCUT2D eigenvalue weighted by Gasteiger charge is -2.26. The van der Waals surface area contributed by atoms with Crippen LogP contribution in [0.25, 0.3) is 0 Å². The summed E-state index contributed by atoms with van der Waals surface area (Å²) in [6.45, 7) is 4.27. The smallest absolute Gasteiger partial charge is 0.338 e. The second kappa shape index (κ2) is 11.2. The number of ether oxygens (including phenoxy) is 2. The van der Waals surface area contributed by atoms with Gasteiger partial charge in [0.15, 0.2) is 6.61 Å². The number of nitrogens with one attached hydrogen (secondary N) is 1. The molecule has 0 unspecified atom stereocenters. The molecule has 1 saturated carbocycles. The van der Waals surface area contributed by atoms with Crippen molar-refractivity contribution >= 4 is 17.6 Å². The minimum atomic E-state index is -0.308. The summed E-state index contributed by atoms with van der Waals surface area (Å²) in [7, 11) is 0. The molecule has 0 atom stereocenters. The highest BCUT2D eigenvalue weighted by molar-refractivity contribution is 5.93. The third-order valence-electron chi connectivity index (χ3n) is 6.67. The summed E-state index contributed by atoms with van der Waals surface area (Å²) in [6, 6.07) is 25.0. The minimum absolute atomic E-state index is 0.0197. The van der Waals surface area contributed by atoms with Crippen molar-refractivity contribution in [2.45, 2.75) is 57.5 Å². The average molecular weight is 472 g/mol. The topological polar surface area (TPSA) is 64.6 Å². The number of carbonyl (C=O) groups is 2. The number of benzene rings is 3. The van der Waals surface area contributed by atoms with Crippen LogP contribution in [0.2, 0.25) is 0 Å². The molecule has 1 N–H and O–H groups in total. The Morgan fingerprint density at radius 3 is 2.11 bits per heavy atom. The van der Waals surface area contributed by atoms with Crippen LogP contribution in [0.3, 0.4) is 0 Å². The van der Waals surface area contributed by atoms with E-state index >= 15 is 0 Å². The van der Waals surface area contributed by atoms with Crippen LogP contribution >= 0.6 is 0 Å². The maximum Gasteiger partial charge on any atom is 0.338 e. The lowest BCUT2D eigenvalue weighted by atomic mass is 9.78. The zero-order valence-electron chi connectivity index (χ0n) is 20.5. The second-order valence-electron chi connectivity index (χ2n) is 9.59. The molecule has 0 radical (unpaired) electrons. The molecule has 0 spiro atoms. The Labute approximate surface area is 207 Å². The first-order valence-electron chi connectivity index (χ1n) is 12.3. The summed E-state index contributed by atoms with van der Waals surface area (Å²) >= 11 is 0. The van der Waals surface area contributed by atoms with Gasteiger partial charge in [-0.05, 0) is 73.2 Å².